The van der Waals surface area contributed by atoms with Crippen molar-refractivity contribution in [3.05, 3.63) is 90.4 Å². The van der Waals surface area contributed by atoms with Gasteiger partial charge in [-0.1, -0.05) is 56.7 Å². The summed E-state index contributed by atoms with van der Waals surface area (Å²) in [5.41, 5.74) is 7.97. The highest BCUT2D eigenvalue weighted by molar-refractivity contribution is 6.10. The van der Waals surface area contributed by atoms with Crippen LogP contribution in [0.4, 0.5) is 0 Å². The van der Waals surface area contributed by atoms with Crippen LogP contribution in [-0.4, -0.2) is 14.5 Å². The smallest absolute Gasteiger partial charge is 0.116 e. The van der Waals surface area contributed by atoms with Gasteiger partial charge in [0.15, 0.2) is 0 Å². The average molecular weight is 392 g/mol. The minimum absolute atomic E-state index is 0.0117. The third kappa shape index (κ3) is 3.07. The van der Waals surface area contributed by atoms with Crippen molar-refractivity contribution < 1.29 is 0 Å². The molecular weight excluding hydrogens is 366 g/mol. The molecule has 0 amide bonds. The Bertz CT molecular complexity index is 1370. The Morgan fingerprint density at radius 2 is 1.43 bits per heavy atom. The largest absolute Gasteiger partial charge is 0.309 e. The molecule has 2 heterocycles. The van der Waals surface area contributed by atoms with Crippen molar-refractivity contribution in [1.82, 2.24) is 14.5 Å². The van der Waals surface area contributed by atoms with Gasteiger partial charge in [0.05, 0.1) is 16.7 Å². The van der Waals surface area contributed by atoms with Gasteiger partial charge in [-0.05, 0) is 49.4 Å². The molecular formula is C27H25N3. The topological polar surface area (TPSA) is 30.7 Å². The first-order valence-corrected chi connectivity index (χ1v) is 10.3. The van der Waals surface area contributed by atoms with Crippen molar-refractivity contribution >= 4 is 21.8 Å². The summed E-state index contributed by atoms with van der Waals surface area (Å²) >= 11 is 0. The fourth-order valence-corrected chi connectivity index (χ4v) is 4.08. The minimum Gasteiger partial charge on any atom is -0.309 e. The fourth-order valence-electron chi connectivity index (χ4n) is 4.08. The van der Waals surface area contributed by atoms with Gasteiger partial charge in [0.1, 0.15) is 6.33 Å². The van der Waals surface area contributed by atoms with E-state index in [2.05, 4.69) is 115 Å². The average Bonchev–Trinajstić information content (AvgIpc) is 3.07. The minimum atomic E-state index is -0.0117. The van der Waals surface area contributed by atoms with Crippen LogP contribution in [0.5, 0.6) is 0 Å². The van der Waals surface area contributed by atoms with Crippen LogP contribution in [0.2, 0.25) is 0 Å². The van der Waals surface area contributed by atoms with E-state index in [0.717, 1.165) is 17.0 Å². The summed E-state index contributed by atoms with van der Waals surface area (Å²) in [4.78, 5) is 9.06. The second-order valence-corrected chi connectivity index (χ2v) is 8.96. The Balaban J connectivity index is 1.78. The lowest BCUT2D eigenvalue weighted by atomic mass is 9.91. The van der Waals surface area contributed by atoms with Crippen LogP contribution in [0.15, 0.2) is 79.1 Å². The Kier molecular flexibility index (Phi) is 4.21. The number of aryl methyl sites for hydroxylation is 1. The Hall–Kier alpha value is -3.46. The maximum absolute atomic E-state index is 4.57. The SMILES string of the molecule is Cc1ccc2c(c1)c1cc(-c3cc(C(C)(C)C)ncn3)ccc1n2-c1ccccc1. The first-order chi connectivity index (χ1) is 14.4. The molecule has 2 aromatic heterocycles. The van der Waals surface area contributed by atoms with E-state index in [9.17, 15) is 0 Å². The van der Waals surface area contributed by atoms with Gasteiger partial charge in [-0.15, -0.1) is 0 Å². The number of aromatic nitrogens is 3. The van der Waals surface area contributed by atoms with E-state index in [-0.39, 0.29) is 5.41 Å². The first kappa shape index (κ1) is 18.6. The standard InChI is InChI=1S/C27H25N3/c1-18-10-12-24-21(14-18)22-15-19(23-16-26(27(2,3)4)29-17-28-23)11-13-25(22)30(24)20-8-6-5-7-9-20/h5-17H,1-4H3. The molecule has 0 N–H and O–H groups in total. The third-order valence-electron chi connectivity index (χ3n) is 5.67. The first-order valence-electron chi connectivity index (χ1n) is 10.3. The van der Waals surface area contributed by atoms with Crippen molar-refractivity contribution in [2.24, 2.45) is 0 Å². The summed E-state index contributed by atoms with van der Waals surface area (Å²) in [6, 6.07) is 26.0. The predicted molar refractivity (Wildman–Crippen MR) is 125 cm³/mol. The number of hydrogen-bond donors (Lipinski definition) is 0. The molecule has 0 aliphatic rings. The molecule has 0 unspecified atom stereocenters. The molecule has 0 saturated carbocycles. The second-order valence-electron chi connectivity index (χ2n) is 8.96. The summed E-state index contributed by atoms with van der Waals surface area (Å²) in [6.45, 7) is 8.69. The third-order valence-corrected chi connectivity index (χ3v) is 5.67. The molecule has 5 rings (SSSR count). The van der Waals surface area contributed by atoms with Gasteiger partial charge in [-0.25, -0.2) is 9.97 Å². The van der Waals surface area contributed by atoms with Gasteiger partial charge in [-0.3, -0.25) is 0 Å². The summed E-state index contributed by atoms with van der Waals surface area (Å²) in [5.74, 6) is 0. The molecule has 30 heavy (non-hydrogen) atoms. The lowest BCUT2D eigenvalue weighted by Crippen LogP contribution is -2.13. The molecule has 5 aromatic rings. The van der Waals surface area contributed by atoms with Crippen LogP contribution in [0.1, 0.15) is 32.0 Å². The second kappa shape index (κ2) is 6.81. The van der Waals surface area contributed by atoms with Crippen LogP contribution in [0.3, 0.4) is 0 Å². The van der Waals surface area contributed by atoms with E-state index in [0.29, 0.717) is 0 Å². The van der Waals surface area contributed by atoms with Crippen molar-refractivity contribution in [3.63, 3.8) is 0 Å². The number of para-hydroxylation sites is 1. The maximum Gasteiger partial charge on any atom is 0.116 e. The maximum atomic E-state index is 4.57. The zero-order chi connectivity index (χ0) is 20.9. The normalized spacial score (nSPS) is 12.0. The molecule has 3 heteroatoms. The van der Waals surface area contributed by atoms with Crippen LogP contribution in [0, 0.1) is 6.92 Å². The lowest BCUT2D eigenvalue weighted by molar-refractivity contribution is 0.567. The highest BCUT2D eigenvalue weighted by atomic mass is 15.0. The number of fused-ring (bicyclic) bond motifs is 3. The van der Waals surface area contributed by atoms with Crippen molar-refractivity contribution in [3.8, 4) is 16.9 Å². The van der Waals surface area contributed by atoms with Crippen molar-refractivity contribution in [2.75, 3.05) is 0 Å². The number of nitrogens with zero attached hydrogens (tertiary/aromatic N) is 3. The summed E-state index contributed by atoms with van der Waals surface area (Å²) in [5, 5.41) is 2.51. The quantitative estimate of drug-likeness (QED) is 0.329. The van der Waals surface area contributed by atoms with Crippen molar-refractivity contribution in [1.29, 1.82) is 0 Å². The van der Waals surface area contributed by atoms with Crippen LogP contribution in [0.25, 0.3) is 38.8 Å². The summed E-state index contributed by atoms with van der Waals surface area (Å²) < 4.78 is 2.34. The van der Waals surface area contributed by atoms with Gasteiger partial charge < -0.3 is 4.57 Å². The van der Waals surface area contributed by atoms with E-state index in [1.807, 2.05) is 0 Å². The van der Waals surface area contributed by atoms with Crippen molar-refractivity contribution in [2.45, 2.75) is 33.1 Å². The van der Waals surface area contributed by atoms with Gasteiger partial charge in [0.25, 0.3) is 0 Å². The van der Waals surface area contributed by atoms with E-state index in [1.165, 1.54) is 33.1 Å². The molecule has 148 valence electrons. The Morgan fingerprint density at radius 3 is 2.17 bits per heavy atom. The van der Waals surface area contributed by atoms with E-state index in [4.69, 9.17) is 0 Å². The number of rotatable bonds is 2. The lowest BCUT2D eigenvalue weighted by Gasteiger charge is -2.17. The zero-order valence-corrected chi connectivity index (χ0v) is 17.8. The monoisotopic (exact) mass is 391 g/mol. The van der Waals surface area contributed by atoms with E-state index < -0.39 is 0 Å². The number of benzene rings is 3. The fraction of sp³-hybridized carbons (Fsp3) is 0.185. The van der Waals surface area contributed by atoms with Crippen LogP contribution in [-0.2, 0) is 5.41 Å². The van der Waals surface area contributed by atoms with Crippen LogP contribution < -0.4 is 0 Å². The molecule has 3 aromatic carbocycles. The summed E-state index contributed by atoms with van der Waals surface area (Å²) in [6.07, 6.45) is 1.68. The van der Waals surface area contributed by atoms with Gasteiger partial charge in [0, 0.05) is 33.1 Å². The Morgan fingerprint density at radius 1 is 0.733 bits per heavy atom. The van der Waals surface area contributed by atoms with E-state index >= 15 is 0 Å². The molecule has 0 aliphatic carbocycles. The van der Waals surface area contributed by atoms with E-state index in [1.54, 1.807) is 6.33 Å². The highest BCUT2D eigenvalue weighted by Crippen LogP contribution is 2.35. The van der Waals surface area contributed by atoms with Gasteiger partial charge >= 0.3 is 0 Å². The van der Waals surface area contributed by atoms with Gasteiger partial charge in [0.2, 0.25) is 0 Å². The number of hydrogen-bond acceptors (Lipinski definition) is 2. The molecule has 0 radical (unpaired) electrons. The molecule has 0 saturated heterocycles. The molecule has 0 spiro atoms. The Labute approximate surface area is 177 Å². The zero-order valence-electron chi connectivity index (χ0n) is 17.8. The molecule has 0 bridgehead atoms. The predicted octanol–water partition coefficient (Wildman–Crippen LogP) is 6.85. The highest BCUT2D eigenvalue weighted by Gasteiger charge is 2.18. The summed E-state index contributed by atoms with van der Waals surface area (Å²) in [7, 11) is 0. The molecule has 0 atom stereocenters. The van der Waals surface area contributed by atoms with Gasteiger partial charge in [-0.2, -0.15) is 0 Å². The molecule has 3 nitrogen and oxygen atoms in total. The molecule has 0 aliphatic heterocycles. The van der Waals surface area contributed by atoms with Crippen LogP contribution >= 0.6 is 0 Å². The molecule has 0 fully saturated rings.